The molecule has 3 nitrogen and oxygen atoms in total. The molecule has 0 radical (unpaired) electrons. The fourth-order valence-corrected chi connectivity index (χ4v) is 2.49. The minimum absolute atomic E-state index is 0. The molecule has 0 aromatic heterocycles. The highest BCUT2D eigenvalue weighted by Gasteiger charge is 2.22. The monoisotopic (exact) mass is 339 g/mol. The van der Waals surface area contributed by atoms with Gasteiger partial charge < -0.3 is 15.3 Å². The number of carbonyl (C=O) groups is 2. The quantitative estimate of drug-likeness (QED) is 0.355. The second-order valence-corrected chi connectivity index (χ2v) is 6.18. The lowest BCUT2D eigenvalue weighted by Crippen LogP contribution is -2.43. The molecule has 23 heavy (non-hydrogen) atoms. The van der Waals surface area contributed by atoms with Crippen molar-refractivity contribution in [2.24, 2.45) is 5.73 Å². The number of nitrogens with two attached hydrogens (primary N) is 1. The van der Waals surface area contributed by atoms with E-state index in [0.29, 0.717) is 25.4 Å². The molecule has 0 bridgehead atoms. The maximum absolute atomic E-state index is 10.8. The van der Waals surface area contributed by atoms with Gasteiger partial charge in [-0.25, -0.2) is 0 Å². The Kier molecular flexibility index (Phi) is 11.6. The van der Waals surface area contributed by atoms with Crippen LogP contribution in [0.3, 0.4) is 0 Å². The number of halogens is 1. The van der Waals surface area contributed by atoms with Gasteiger partial charge in [-0.05, 0) is 36.8 Å². The van der Waals surface area contributed by atoms with E-state index in [4.69, 9.17) is 5.73 Å². The van der Waals surface area contributed by atoms with E-state index in [9.17, 15) is 9.59 Å². The Balaban J connectivity index is 0.00000484. The van der Waals surface area contributed by atoms with E-state index >= 15 is 0 Å². The molecule has 0 saturated carbocycles. The van der Waals surface area contributed by atoms with Crippen molar-refractivity contribution in [2.75, 3.05) is 0 Å². The zero-order valence-corrected chi connectivity index (χ0v) is 14.9. The molecule has 1 aromatic rings. The lowest BCUT2D eigenvalue weighted by molar-refractivity contribution is -0.121. The number of aryl methyl sites for hydroxylation is 2. The molecule has 0 aliphatic rings. The lowest BCUT2D eigenvalue weighted by atomic mass is 9.94. The minimum atomic E-state index is -1.34. The Labute approximate surface area is 146 Å². The zero-order valence-electron chi connectivity index (χ0n) is 14.1. The second kappa shape index (κ2) is 12.3. The molecule has 4 heteroatoms. The average Bonchev–Trinajstić information content (AvgIpc) is 2.57. The highest BCUT2D eigenvalue weighted by atomic mass is 35.5. The van der Waals surface area contributed by atoms with Crippen LogP contribution < -0.4 is 5.73 Å². The fourth-order valence-electron chi connectivity index (χ4n) is 2.49. The summed E-state index contributed by atoms with van der Waals surface area (Å²) in [4.78, 5) is 21.6. The summed E-state index contributed by atoms with van der Waals surface area (Å²) < 4.78 is 0. The van der Waals surface area contributed by atoms with Gasteiger partial charge >= 0.3 is 0 Å². The van der Waals surface area contributed by atoms with Crippen LogP contribution in [0.5, 0.6) is 0 Å². The molecule has 2 N–H and O–H groups in total. The van der Waals surface area contributed by atoms with Gasteiger partial charge in [-0.1, -0.05) is 63.3 Å². The Morgan fingerprint density at radius 1 is 0.870 bits per heavy atom. The lowest BCUT2D eigenvalue weighted by Gasteiger charge is -2.14. The standard InChI is InChI=1S/C19H29NO2.ClH/c1-2-3-4-5-6-7-8-17-9-11-18(12-10-17)13-14-19(20,15-21)16-22;/h9-12,15-16H,2-8,13-14,20H2,1H3;1H. The molecular weight excluding hydrogens is 310 g/mol. The van der Waals surface area contributed by atoms with E-state index < -0.39 is 5.54 Å². The van der Waals surface area contributed by atoms with Crippen LogP contribution in [-0.2, 0) is 22.4 Å². The van der Waals surface area contributed by atoms with Crippen molar-refractivity contribution in [1.29, 1.82) is 0 Å². The second-order valence-electron chi connectivity index (χ2n) is 6.18. The van der Waals surface area contributed by atoms with Gasteiger partial charge in [0, 0.05) is 0 Å². The summed E-state index contributed by atoms with van der Waals surface area (Å²) in [7, 11) is 0. The SMILES string of the molecule is CCCCCCCCc1ccc(CCC(N)(C=O)C=O)cc1.Cl. The number of hydrogen-bond acceptors (Lipinski definition) is 3. The van der Waals surface area contributed by atoms with Crippen LogP contribution in [0.25, 0.3) is 0 Å². The fraction of sp³-hybridized carbons (Fsp3) is 0.579. The van der Waals surface area contributed by atoms with Crippen molar-refractivity contribution >= 4 is 25.0 Å². The predicted octanol–water partition coefficient (Wildman–Crippen LogP) is 4.04. The summed E-state index contributed by atoms with van der Waals surface area (Å²) in [5, 5.41) is 0. The molecule has 0 heterocycles. The summed E-state index contributed by atoms with van der Waals surface area (Å²) in [6.07, 6.45) is 11.1. The van der Waals surface area contributed by atoms with Crippen LogP contribution in [0.15, 0.2) is 24.3 Å². The number of unbranched alkanes of at least 4 members (excludes halogenated alkanes) is 5. The third-order valence-electron chi connectivity index (χ3n) is 4.13. The molecule has 0 spiro atoms. The molecule has 0 aliphatic carbocycles. The highest BCUT2D eigenvalue weighted by Crippen LogP contribution is 2.13. The summed E-state index contributed by atoms with van der Waals surface area (Å²) in [6, 6.07) is 8.42. The van der Waals surface area contributed by atoms with Crippen LogP contribution >= 0.6 is 12.4 Å². The molecule has 1 aromatic carbocycles. The molecule has 0 saturated heterocycles. The van der Waals surface area contributed by atoms with Gasteiger partial charge in [-0.15, -0.1) is 12.4 Å². The molecule has 0 unspecified atom stereocenters. The minimum Gasteiger partial charge on any atom is -0.313 e. The van der Waals surface area contributed by atoms with Gasteiger partial charge in [-0.3, -0.25) is 0 Å². The summed E-state index contributed by atoms with van der Waals surface area (Å²) in [5.41, 5.74) is 6.78. The van der Waals surface area contributed by atoms with Crippen molar-refractivity contribution in [3.63, 3.8) is 0 Å². The van der Waals surface area contributed by atoms with E-state index in [1.807, 2.05) is 0 Å². The Hall–Kier alpha value is -1.19. The average molecular weight is 340 g/mol. The van der Waals surface area contributed by atoms with E-state index in [1.54, 1.807) is 0 Å². The normalized spacial score (nSPS) is 10.9. The van der Waals surface area contributed by atoms with Gasteiger partial charge in [0.05, 0.1) is 0 Å². The van der Waals surface area contributed by atoms with Crippen LogP contribution in [0.2, 0.25) is 0 Å². The maximum Gasteiger partial charge on any atom is 0.147 e. The first-order valence-electron chi connectivity index (χ1n) is 8.43. The highest BCUT2D eigenvalue weighted by molar-refractivity contribution is 5.88. The predicted molar refractivity (Wildman–Crippen MR) is 98.1 cm³/mol. The van der Waals surface area contributed by atoms with E-state index in [1.165, 1.54) is 44.1 Å². The number of benzene rings is 1. The molecule has 1 rings (SSSR count). The van der Waals surface area contributed by atoms with Crippen molar-refractivity contribution in [1.82, 2.24) is 0 Å². The Bertz CT molecular complexity index is 437. The summed E-state index contributed by atoms with van der Waals surface area (Å²) >= 11 is 0. The van der Waals surface area contributed by atoms with Gasteiger partial charge in [0.15, 0.2) is 0 Å². The van der Waals surface area contributed by atoms with Crippen molar-refractivity contribution in [3.05, 3.63) is 35.4 Å². The largest absolute Gasteiger partial charge is 0.313 e. The first-order chi connectivity index (χ1) is 10.6. The molecule has 0 fully saturated rings. The maximum atomic E-state index is 10.8. The molecular formula is C19H30ClNO2. The smallest absolute Gasteiger partial charge is 0.147 e. The van der Waals surface area contributed by atoms with Gasteiger partial charge in [0.1, 0.15) is 18.1 Å². The third kappa shape index (κ3) is 8.87. The van der Waals surface area contributed by atoms with E-state index in [-0.39, 0.29) is 12.4 Å². The van der Waals surface area contributed by atoms with Crippen molar-refractivity contribution in [3.8, 4) is 0 Å². The molecule has 130 valence electrons. The first-order valence-corrected chi connectivity index (χ1v) is 8.43. The number of hydrogen-bond donors (Lipinski definition) is 1. The van der Waals surface area contributed by atoms with Gasteiger partial charge in [0.2, 0.25) is 0 Å². The van der Waals surface area contributed by atoms with Crippen LogP contribution in [-0.4, -0.2) is 18.1 Å². The summed E-state index contributed by atoms with van der Waals surface area (Å²) in [5.74, 6) is 0. The van der Waals surface area contributed by atoms with Crippen molar-refractivity contribution < 1.29 is 9.59 Å². The topological polar surface area (TPSA) is 60.2 Å². The molecule has 0 amide bonds. The number of carbonyl (C=O) groups excluding carboxylic acids is 2. The van der Waals surface area contributed by atoms with Gasteiger partial charge in [0.25, 0.3) is 0 Å². The van der Waals surface area contributed by atoms with Gasteiger partial charge in [-0.2, -0.15) is 0 Å². The van der Waals surface area contributed by atoms with Crippen LogP contribution in [0, 0.1) is 0 Å². The van der Waals surface area contributed by atoms with E-state index in [0.717, 1.165) is 12.0 Å². The zero-order chi connectivity index (χ0) is 16.3. The number of aldehydes is 2. The summed E-state index contributed by atoms with van der Waals surface area (Å²) in [6.45, 7) is 2.24. The first kappa shape index (κ1) is 21.8. The number of rotatable bonds is 12. The Morgan fingerprint density at radius 2 is 1.35 bits per heavy atom. The van der Waals surface area contributed by atoms with E-state index in [2.05, 4.69) is 31.2 Å². The van der Waals surface area contributed by atoms with Crippen molar-refractivity contribution in [2.45, 2.75) is 70.3 Å². The molecule has 0 aliphatic heterocycles. The van der Waals surface area contributed by atoms with Crippen LogP contribution in [0.1, 0.15) is 63.0 Å². The molecule has 0 atom stereocenters. The Morgan fingerprint density at radius 3 is 1.87 bits per heavy atom. The third-order valence-corrected chi connectivity index (χ3v) is 4.13. The van der Waals surface area contributed by atoms with Crippen LogP contribution in [0.4, 0.5) is 0 Å².